The Bertz CT molecular complexity index is 1230. The van der Waals surface area contributed by atoms with Crippen molar-refractivity contribution in [2.45, 2.75) is 25.9 Å². The Morgan fingerprint density at radius 1 is 1.22 bits per heavy atom. The van der Waals surface area contributed by atoms with Crippen LogP contribution in [0.2, 0.25) is 0 Å². The van der Waals surface area contributed by atoms with Gasteiger partial charge in [0.05, 0.1) is 6.10 Å². The fourth-order valence-electron chi connectivity index (χ4n) is 3.66. The van der Waals surface area contributed by atoms with Gasteiger partial charge in [0, 0.05) is 54.1 Å². The average molecular weight is 429 g/mol. The zero-order chi connectivity index (χ0) is 21.9. The number of aryl methyl sites for hydroxylation is 1. The van der Waals surface area contributed by atoms with Gasteiger partial charge in [-0.25, -0.2) is 4.98 Å². The minimum absolute atomic E-state index is 0.105. The molecule has 0 unspecified atom stereocenters. The van der Waals surface area contributed by atoms with E-state index < -0.39 is 0 Å². The lowest BCUT2D eigenvalue weighted by molar-refractivity contribution is 0.0858. The predicted octanol–water partition coefficient (Wildman–Crippen LogP) is 3.15. The summed E-state index contributed by atoms with van der Waals surface area (Å²) in [6.07, 6.45) is 5.60. The topological polar surface area (TPSA) is 106 Å². The highest BCUT2D eigenvalue weighted by Gasteiger charge is 2.17. The van der Waals surface area contributed by atoms with Crippen LogP contribution in [0, 0.1) is 6.92 Å². The second kappa shape index (κ2) is 8.72. The van der Waals surface area contributed by atoms with Crippen molar-refractivity contribution in [1.29, 1.82) is 0 Å². The summed E-state index contributed by atoms with van der Waals surface area (Å²) in [7, 11) is 0. The molecule has 0 radical (unpaired) electrons. The molecule has 1 aromatic carbocycles. The van der Waals surface area contributed by atoms with E-state index in [0.29, 0.717) is 23.7 Å². The smallest absolute Gasteiger partial charge is 0.254 e. The molecule has 0 aliphatic carbocycles. The SMILES string of the molecule is Cc1cc(Nc2ccc(C(=O)NC[C@H]3CCCO3)cc2)n2nc(-c3cccnc3)nc2n1. The van der Waals surface area contributed by atoms with Crippen LogP contribution in [0.25, 0.3) is 17.2 Å². The summed E-state index contributed by atoms with van der Waals surface area (Å²) in [5, 5.41) is 10.9. The number of aromatic nitrogens is 5. The van der Waals surface area contributed by atoms with Crippen LogP contribution in [-0.4, -0.2) is 49.7 Å². The van der Waals surface area contributed by atoms with Gasteiger partial charge in [-0.3, -0.25) is 9.78 Å². The zero-order valence-electron chi connectivity index (χ0n) is 17.7. The van der Waals surface area contributed by atoms with Gasteiger partial charge in [-0.2, -0.15) is 9.50 Å². The van der Waals surface area contributed by atoms with Crippen molar-refractivity contribution >= 4 is 23.2 Å². The summed E-state index contributed by atoms with van der Waals surface area (Å²) in [6.45, 7) is 3.22. The van der Waals surface area contributed by atoms with Crippen LogP contribution in [-0.2, 0) is 4.74 Å². The summed E-state index contributed by atoms with van der Waals surface area (Å²) in [6, 6.07) is 13.0. The molecule has 32 heavy (non-hydrogen) atoms. The molecule has 1 aliphatic heterocycles. The van der Waals surface area contributed by atoms with E-state index in [1.165, 1.54) is 0 Å². The lowest BCUT2D eigenvalue weighted by atomic mass is 10.2. The first kappa shape index (κ1) is 20.1. The van der Waals surface area contributed by atoms with Gasteiger partial charge in [-0.05, 0) is 56.2 Å². The van der Waals surface area contributed by atoms with Crippen molar-refractivity contribution < 1.29 is 9.53 Å². The maximum Gasteiger partial charge on any atom is 0.254 e. The number of anilines is 2. The van der Waals surface area contributed by atoms with Crippen LogP contribution in [0.1, 0.15) is 28.9 Å². The van der Waals surface area contributed by atoms with Gasteiger partial charge >= 0.3 is 0 Å². The van der Waals surface area contributed by atoms with Gasteiger partial charge in [-0.15, -0.1) is 5.10 Å². The van der Waals surface area contributed by atoms with Crippen LogP contribution in [0.5, 0.6) is 0 Å². The lowest BCUT2D eigenvalue weighted by Gasteiger charge is -2.12. The first-order chi connectivity index (χ1) is 15.7. The van der Waals surface area contributed by atoms with E-state index in [4.69, 9.17) is 4.74 Å². The van der Waals surface area contributed by atoms with Crippen molar-refractivity contribution in [1.82, 2.24) is 29.9 Å². The van der Waals surface area contributed by atoms with E-state index in [9.17, 15) is 4.79 Å². The molecule has 4 aromatic rings. The van der Waals surface area contributed by atoms with Crippen molar-refractivity contribution in [2.24, 2.45) is 0 Å². The molecule has 162 valence electrons. The van der Waals surface area contributed by atoms with Crippen molar-refractivity contribution in [3.8, 4) is 11.4 Å². The third-order valence-corrected chi connectivity index (χ3v) is 5.29. The second-order valence-corrected chi connectivity index (χ2v) is 7.72. The molecule has 1 aliphatic rings. The van der Waals surface area contributed by atoms with Crippen molar-refractivity contribution in [3.63, 3.8) is 0 Å². The highest BCUT2D eigenvalue weighted by Crippen LogP contribution is 2.21. The van der Waals surface area contributed by atoms with Crippen LogP contribution in [0.4, 0.5) is 11.5 Å². The number of nitrogens with zero attached hydrogens (tertiary/aromatic N) is 5. The third kappa shape index (κ3) is 4.28. The number of carbonyl (C=O) groups excluding carboxylic acids is 1. The van der Waals surface area contributed by atoms with Gasteiger partial charge < -0.3 is 15.4 Å². The number of rotatable bonds is 6. The summed E-state index contributed by atoms with van der Waals surface area (Å²) < 4.78 is 7.22. The fraction of sp³-hybridized carbons (Fsp3) is 0.261. The number of pyridine rings is 1. The Balaban J connectivity index is 1.33. The Hall–Kier alpha value is -3.85. The molecular formula is C23H23N7O2. The van der Waals surface area contributed by atoms with Gasteiger partial charge in [0.2, 0.25) is 0 Å². The molecule has 9 nitrogen and oxygen atoms in total. The van der Waals surface area contributed by atoms with Gasteiger partial charge in [0.25, 0.3) is 11.7 Å². The van der Waals surface area contributed by atoms with Gasteiger partial charge in [0.15, 0.2) is 5.82 Å². The van der Waals surface area contributed by atoms with Crippen molar-refractivity contribution in [3.05, 3.63) is 66.1 Å². The van der Waals surface area contributed by atoms with Gasteiger partial charge in [0.1, 0.15) is 5.82 Å². The molecule has 5 rings (SSSR count). The monoisotopic (exact) mass is 429 g/mol. The Labute approximate surface area is 184 Å². The number of nitrogens with one attached hydrogen (secondary N) is 2. The fourth-order valence-corrected chi connectivity index (χ4v) is 3.66. The summed E-state index contributed by atoms with van der Waals surface area (Å²) >= 11 is 0. The van der Waals surface area contributed by atoms with Gasteiger partial charge in [-0.1, -0.05) is 0 Å². The molecule has 0 bridgehead atoms. The van der Waals surface area contributed by atoms with Crippen LogP contribution < -0.4 is 10.6 Å². The van der Waals surface area contributed by atoms with Crippen LogP contribution in [0.15, 0.2) is 54.9 Å². The quantitative estimate of drug-likeness (QED) is 0.485. The van der Waals surface area contributed by atoms with Crippen molar-refractivity contribution in [2.75, 3.05) is 18.5 Å². The maximum absolute atomic E-state index is 12.4. The number of fused-ring (bicyclic) bond motifs is 1. The standard InChI is InChI=1S/C23H23N7O2/c1-15-12-20(30-23(26-15)28-21(29-30)17-4-2-10-24-13-17)27-18-8-6-16(7-9-18)22(31)25-14-19-5-3-11-32-19/h2,4,6-10,12-13,19,27H,3,5,11,14H2,1H3,(H,25,31)/t19-/m1/s1. The normalized spacial score (nSPS) is 15.7. The number of ether oxygens (including phenoxy) is 1. The van der Waals surface area contributed by atoms with Crippen LogP contribution in [0.3, 0.4) is 0 Å². The molecule has 0 spiro atoms. The number of benzene rings is 1. The van der Waals surface area contributed by atoms with Crippen LogP contribution >= 0.6 is 0 Å². The minimum Gasteiger partial charge on any atom is -0.376 e. The molecular weight excluding hydrogens is 406 g/mol. The van der Waals surface area contributed by atoms with E-state index >= 15 is 0 Å². The molecule has 0 saturated carbocycles. The Kier molecular flexibility index (Phi) is 5.47. The molecule has 1 saturated heterocycles. The third-order valence-electron chi connectivity index (χ3n) is 5.29. The van der Waals surface area contributed by atoms with E-state index in [2.05, 4.69) is 30.7 Å². The minimum atomic E-state index is -0.105. The number of amides is 1. The maximum atomic E-state index is 12.4. The van der Waals surface area contributed by atoms with E-state index in [-0.39, 0.29) is 12.0 Å². The van der Waals surface area contributed by atoms with E-state index in [1.54, 1.807) is 29.0 Å². The zero-order valence-corrected chi connectivity index (χ0v) is 17.7. The largest absolute Gasteiger partial charge is 0.376 e. The highest BCUT2D eigenvalue weighted by atomic mass is 16.5. The lowest BCUT2D eigenvalue weighted by Crippen LogP contribution is -2.31. The second-order valence-electron chi connectivity index (χ2n) is 7.72. The molecule has 4 heterocycles. The van der Waals surface area contributed by atoms with E-state index in [1.807, 2.05) is 37.3 Å². The first-order valence-electron chi connectivity index (χ1n) is 10.6. The molecule has 2 N–H and O–H groups in total. The summed E-state index contributed by atoms with van der Waals surface area (Å²) in [5.41, 5.74) is 3.06. The average Bonchev–Trinajstić information content (AvgIpc) is 3.48. The van der Waals surface area contributed by atoms with E-state index in [0.717, 1.165) is 42.2 Å². The number of carbonyl (C=O) groups is 1. The predicted molar refractivity (Wildman–Crippen MR) is 120 cm³/mol. The summed E-state index contributed by atoms with van der Waals surface area (Å²) in [5.74, 6) is 1.67. The first-order valence-corrected chi connectivity index (χ1v) is 10.6. The molecule has 1 atom stereocenters. The summed E-state index contributed by atoms with van der Waals surface area (Å²) in [4.78, 5) is 25.6. The number of hydrogen-bond acceptors (Lipinski definition) is 7. The molecule has 9 heteroatoms. The highest BCUT2D eigenvalue weighted by molar-refractivity contribution is 5.94. The molecule has 1 amide bonds. The Morgan fingerprint density at radius 2 is 2.09 bits per heavy atom. The Morgan fingerprint density at radius 3 is 2.84 bits per heavy atom. The molecule has 1 fully saturated rings. The number of hydrogen-bond donors (Lipinski definition) is 2. The molecule has 3 aromatic heterocycles.